The van der Waals surface area contributed by atoms with Crippen molar-refractivity contribution in [1.29, 1.82) is 0 Å². The second-order valence-corrected chi connectivity index (χ2v) is 10.0. The molecule has 1 aromatic carbocycles. The number of hydrogen-bond donors (Lipinski definition) is 0. The number of ether oxygens (including phenoxy) is 3. The highest BCUT2D eigenvalue weighted by molar-refractivity contribution is 7.15. The summed E-state index contributed by atoms with van der Waals surface area (Å²) in [6.45, 7) is 11.5. The van der Waals surface area contributed by atoms with Crippen LogP contribution in [0.5, 0.6) is 0 Å². The number of rotatable bonds is 5. The van der Waals surface area contributed by atoms with Crippen molar-refractivity contribution >= 4 is 40.2 Å². The van der Waals surface area contributed by atoms with E-state index >= 15 is 0 Å². The molecule has 34 heavy (non-hydrogen) atoms. The Morgan fingerprint density at radius 2 is 1.47 bits per heavy atom. The van der Waals surface area contributed by atoms with Crippen LogP contribution >= 0.6 is 11.3 Å². The second-order valence-electron chi connectivity index (χ2n) is 9.15. The molecule has 0 spiro atoms. The van der Waals surface area contributed by atoms with Crippen molar-refractivity contribution in [2.75, 3.05) is 11.5 Å². The smallest absolute Gasteiger partial charge is 0.425 e. The van der Waals surface area contributed by atoms with E-state index in [1.807, 2.05) is 0 Å². The zero-order chi connectivity index (χ0) is 25.8. The van der Waals surface area contributed by atoms with Gasteiger partial charge in [-0.1, -0.05) is 0 Å². The number of imide groups is 1. The molecule has 0 bridgehead atoms. The number of hydrogen-bond acceptors (Lipinski definition) is 9. The number of esters is 1. The summed E-state index contributed by atoms with van der Waals surface area (Å²) in [4.78, 5) is 50.2. The van der Waals surface area contributed by atoms with E-state index < -0.39 is 34.3 Å². The Bertz CT molecular complexity index is 1050. The first-order chi connectivity index (χ1) is 15.6. The molecule has 0 N–H and O–H groups in total. The van der Waals surface area contributed by atoms with E-state index in [1.54, 1.807) is 53.8 Å². The van der Waals surface area contributed by atoms with Crippen LogP contribution in [-0.2, 0) is 14.2 Å². The lowest BCUT2D eigenvalue weighted by Crippen LogP contribution is -2.44. The molecule has 1 aromatic heterocycles. The van der Waals surface area contributed by atoms with E-state index in [9.17, 15) is 24.5 Å². The number of nitro benzene ring substituents is 1. The lowest BCUT2D eigenvalue weighted by molar-refractivity contribution is -0.384. The van der Waals surface area contributed by atoms with E-state index in [0.29, 0.717) is 16.0 Å². The summed E-state index contributed by atoms with van der Waals surface area (Å²) in [7, 11) is 0. The van der Waals surface area contributed by atoms with Gasteiger partial charge in [-0.3, -0.25) is 10.1 Å². The SMILES string of the molecule is CCOC(=O)c1c(-c2ccc([N+](=O)[O-])cc2)csc1N(C(=O)OC(C)(C)C)C(=O)OC(C)(C)C. The number of amides is 2. The monoisotopic (exact) mass is 492 g/mol. The molecule has 11 heteroatoms. The predicted molar refractivity (Wildman–Crippen MR) is 127 cm³/mol. The van der Waals surface area contributed by atoms with Crippen molar-refractivity contribution in [3.8, 4) is 11.1 Å². The van der Waals surface area contributed by atoms with Crippen LogP contribution in [0.3, 0.4) is 0 Å². The Morgan fingerprint density at radius 3 is 1.88 bits per heavy atom. The molecule has 0 aliphatic carbocycles. The van der Waals surface area contributed by atoms with Crippen LogP contribution in [0, 0.1) is 10.1 Å². The minimum Gasteiger partial charge on any atom is -0.462 e. The van der Waals surface area contributed by atoms with Crippen molar-refractivity contribution in [3.05, 3.63) is 45.3 Å². The Morgan fingerprint density at radius 1 is 0.971 bits per heavy atom. The summed E-state index contributed by atoms with van der Waals surface area (Å²) >= 11 is 0.942. The minimum absolute atomic E-state index is 0.0460. The lowest BCUT2D eigenvalue weighted by Gasteiger charge is -2.28. The molecule has 2 rings (SSSR count). The first kappa shape index (κ1) is 26.8. The van der Waals surface area contributed by atoms with Gasteiger partial charge in [-0.25, -0.2) is 14.4 Å². The number of thiophene rings is 1. The predicted octanol–water partition coefficient (Wildman–Crippen LogP) is 6.18. The molecule has 0 unspecified atom stereocenters. The van der Waals surface area contributed by atoms with E-state index in [-0.39, 0.29) is 22.9 Å². The van der Waals surface area contributed by atoms with Gasteiger partial charge in [0.05, 0.1) is 11.5 Å². The van der Waals surface area contributed by atoms with Crippen LogP contribution in [0.2, 0.25) is 0 Å². The zero-order valence-corrected chi connectivity index (χ0v) is 21.0. The minimum atomic E-state index is -1.02. The van der Waals surface area contributed by atoms with Crippen LogP contribution in [-0.4, -0.2) is 40.9 Å². The molecule has 2 amide bonds. The number of nitrogens with zero attached hydrogens (tertiary/aromatic N) is 2. The number of carbonyl (C=O) groups is 3. The van der Waals surface area contributed by atoms with Gasteiger partial charge < -0.3 is 14.2 Å². The van der Waals surface area contributed by atoms with Crippen LogP contribution in [0.4, 0.5) is 20.3 Å². The number of carbonyl (C=O) groups excluding carboxylic acids is 3. The number of benzene rings is 1. The summed E-state index contributed by atoms with van der Waals surface area (Å²) in [6.07, 6.45) is -2.05. The Hall–Kier alpha value is -3.47. The van der Waals surface area contributed by atoms with Gasteiger partial charge in [0.25, 0.3) is 5.69 Å². The average Bonchev–Trinajstić information content (AvgIpc) is 3.10. The maximum atomic E-state index is 13.1. The third-order valence-corrected chi connectivity index (χ3v) is 4.96. The van der Waals surface area contributed by atoms with Gasteiger partial charge in [0.2, 0.25) is 0 Å². The number of nitro groups is 1. The molecule has 10 nitrogen and oxygen atoms in total. The van der Waals surface area contributed by atoms with Crippen LogP contribution in [0.25, 0.3) is 11.1 Å². The first-order valence-electron chi connectivity index (χ1n) is 10.4. The highest BCUT2D eigenvalue weighted by Crippen LogP contribution is 2.40. The quantitative estimate of drug-likeness (QED) is 0.210. The topological polar surface area (TPSA) is 125 Å². The van der Waals surface area contributed by atoms with Crippen LogP contribution < -0.4 is 4.90 Å². The molecule has 0 saturated carbocycles. The van der Waals surface area contributed by atoms with Crippen molar-refractivity contribution in [2.24, 2.45) is 0 Å². The van der Waals surface area contributed by atoms with Crippen molar-refractivity contribution < 1.29 is 33.5 Å². The van der Waals surface area contributed by atoms with Gasteiger partial charge in [0.15, 0.2) is 0 Å². The van der Waals surface area contributed by atoms with Gasteiger partial charge >= 0.3 is 18.2 Å². The van der Waals surface area contributed by atoms with E-state index in [1.165, 1.54) is 24.3 Å². The fourth-order valence-electron chi connectivity index (χ4n) is 2.74. The maximum Gasteiger partial charge on any atom is 0.425 e. The summed E-state index contributed by atoms with van der Waals surface area (Å²) in [5.41, 5.74) is -1.24. The Kier molecular flexibility index (Phi) is 8.04. The standard InChI is InChI=1S/C23H28N2O8S/c1-8-31-19(26)17-16(14-9-11-15(12-10-14)25(29)30)13-34-18(17)24(20(27)32-22(2,3)4)21(28)33-23(5,6)7/h9-13H,8H2,1-7H3. The van der Waals surface area contributed by atoms with Crippen molar-refractivity contribution in [2.45, 2.75) is 59.7 Å². The molecule has 184 valence electrons. The lowest BCUT2D eigenvalue weighted by atomic mass is 10.0. The fourth-order valence-corrected chi connectivity index (χ4v) is 3.79. The molecule has 0 fully saturated rings. The second kappa shape index (κ2) is 10.2. The third kappa shape index (κ3) is 6.77. The summed E-state index contributed by atoms with van der Waals surface area (Å²) in [5.74, 6) is -0.774. The Labute approximate surface area is 201 Å². The highest BCUT2D eigenvalue weighted by Gasteiger charge is 2.37. The molecular formula is C23H28N2O8S. The molecule has 0 atom stereocenters. The zero-order valence-electron chi connectivity index (χ0n) is 20.2. The van der Waals surface area contributed by atoms with Crippen LogP contribution in [0.1, 0.15) is 58.8 Å². The summed E-state index contributed by atoms with van der Waals surface area (Å²) < 4.78 is 16.0. The normalized spacial score (nSPS) is 11.5. The largest absolute Gasteiger partial charge is 0.462 e. The third-order valence-electron chi connectivity index (χ3n) is 4.00. The summed E-state index contributed by atoms with van der Waals surface area (Å²) in [5, 5.41) is 12.5. The van der Waals surface area contributed by atoms with Gasteiger partial charge in [-0.05, 0) is 66.2 Å². The molecule has 0 aliphatic heterocycles. The van der Waals surface area contributed by atoms with Gasteiger partial charge in [-0.2, -0.15) is 4.90 Å². The maximum absolute atomic E-state index is 13.1. The fraction of sp³-hybridized carbons (Fsp3) is 0.435. The van der Waals surface area contributed by atoms with Crippen molar-refractivity contribution in [3.63, 3.8) is 0 Å². The summed E-state index contributed by atoms with van der Waals surface area (Å²) in [6, 6.07) is 5.53. The average molecular weight is 493 g/mol. The van der Waals surface area contributed by atoms with Crippen LogP contribution in [0.15, 0.2) is 29.6 Å². The molecule has 2 aromatic rings. The highest BCUT2D eigenvalue weighted by atomic mass is 32.1. The molecular weight excluding hydrogens is 464 g/mol. The molecule has 0 radical (unpaired) electrons. The van der Waals surface area contributed by atoms with E-state index in [4.69, 9.17) is 14.2 Å². The van der Waals surface area contributed by atoms with Gasteiger partial charge in [0, 0.05) is 23.1 Å². The van der Waals surface area contributed by atoms with Crippen molar-refractivity contribution in [1.82, 2.24) is 0 Å². The Balaban J connectivity index is 2.69. The van der Waals surface area contributed by atoms with Gasteiger partial charge in [0.1, 0.15) is 21.8 Å². The van der Waals surface area contributed by atoms with Gasteiger partial charge in [-0.15, -0.1) is 11.3 Å². The molecule has 0 aliphatic rings. The number of non-ortho nitro benzene ring substituents is 1. The molecule has 0 saturated heterocycles. The molecule has 1 heterocycles. The number of anilines is 1. The van der Waals surface area contributed by atoms with E-state index in [2.05, 4.69) is 0 Å². The van der Waals surface area contributed by atoms with E-state index in [0.717, 1.165) is 11.3 Å². The first-order valence-corrected chi connectivity index (χ1v) is 11.3.